The van der Waals surface area contributed by atoms with Crippen molar-refractivity contribution < 1.29 is 29.2 Å². The normalized spacial score (nSPS) is 30.1. The first kappa shape index (κ1) is 21.2. The minimum absolute atomic E-state index is 0.0224. The molecule has 1 saturated heterocycles. The number of aliphatic hydroxyl groups is 3. The van der Waals surface area contributed by atoms with Crippen LogP contribution in [0.3, 0.4) is 0 Å². The van der Waals surface area contributed by atoms with E-state index in [1.165, 1.54) is 0 Å². The number of aliphatic hydroxyl groups excluding tert-OH is 3. The molecule has 0 spiro atoms. The molecule has 1 aliphatic heterocycles. The molecule has 1 fully saturated rings. The van der Waals surface area contributed by atoms with E-state index in [0.29, 0.717) is 17.9 Å². The summed E-state index contributed by atoms with van der Waals surface area (Å²) in [5.41, 5.74) is 0. The smallest absolute Gasteiger partial charge is 0.250 e. The minimum Gasteiger partial charge on any atom is -0.541 e. The third-order valence-electron chi connectivity index (χ3n) is 5.33. The highest BCUT2D eigenvalue weighted by atomic mass is 28.4. The molecule has 26 heavy (non-hydrogen) atoms. The summed E-state index contributed by atoms with van der Waals surface area (Å²) in [6.07, 6.45) is -5.02. The van der Waals surface area contributed by atoms with Gasteiger partial charge in [0.15, 0.2) is 5.75 Å². The summed E-state index contributed by atoms with van der Waals surface area (Å²) in [6, 6.07) is 7.25. The van der Waals surface area contributed by atoms with Crippen molar-refractivity contribution in [1.29, 1.82) is 0 Å². The Bertz CT molecular complexity index is 598. The molecule has 0 unspecified atom stereocenters. The third-order valence-corrected chi connectivity index (χ3v) is 9.68. The van der Waals surface area contributed by atoms with Crippen molar-refractivity contribution in [3.05, 3.63) is 24.3 Å². The quantitative estimate of drug-likeness (QED) is 0.677. The first-order valence-electron chi connectivity index (χ1n) is 9.12. The maximum absolute atomic E-state index is 10.2. The molecule has 2 rings (SSSR count). The Labute approximate surface area is 156 Å². The zero-order valence-electron chi connectivity index (χ0n) is 16.5. The zero-order chi connectivity index (χ0) is 19.7. The highest BCUT2D eigenvalue weighted by molar-refractivity contribution is 6.74. The van der Waals surface area contributed by atoms with Gasteiger partial charge in [-0.25, -0.2) is 0 Å². The molecule has 0 amide bonds. The Morgan fingerprint density at radius 3 is 2.12 bits per heavy atom. The van der Waals surface area contributed by atoms with Crippen LogP contribution in [0.1, 0.15) is 34.1 Å². The molecule has 0 aromatic heterocycles. The molecule has 1 aliphatic rings. The summed E-state index contributed by atoms with van der Waals surface area (Å²) in [5.74, 6) is 1.03. The summed E-state index contributed by atoms with van der Waals surface area (Å²) < 4.78 is 17.9. The Balaban J connectivity index is 2.22. The van der Waals surface area contributed by atoms with E-state index in [-0.39, 0.29) is 5.04 Å². The molecule has 1 aromatic carbocycles. The summed E-state index contributed by atoms with van der Waals surface area (Å²) >= 11 is 0. The van der Waals surface area contributed by atoms with Gasteiger partial charge in [-0.3, -0.25) is 0 Å². The monoisotopic (exact) mass is 384 g/mol. The van der Waals surface area contributed by atoms with E-state index in [1.807, 2.05) is 25.1 Å². The zero-order valence-corrected chi connectivity index (χ0v) is 17.5. The lowest BCUT2D eigenvalue weighted by Gasteiger charge is -2.40. The first-order valence-corrected chi connectivity index (χ1v) is 12.0. The number of rotatable bonds is 5. The van der Waals surface area contributed by atoms with Crippen LogP contribution in [0.15, 0.2) is 24.3 Å². The van der Waals surface area contributed by atoms with E-state index >= 15 is 0 Å². The Morgan fingerprint density at radius 1 is 1.00 bits per heavy atom. The molecule has 0 saturated carbocycles. The van der Waals surface area contributed by atoms with Gasteiger partial charge < -0.3 is 29.2 Å². The molecule has 0 aliphatic carbocycles. The van der Waals surface area contributed by atoms with Crippen molar-refractivity contribution in [2.45, 2.75) is 83.0 Å². The van der Waals surface area contributed by atoms with E-state index in [2.05, 4.69) is 33.9 Å². The molecule has 5 atom stereocenters. The first-order chi connectivity index (χ1) is 12.0. The fraction of sp³-hybridized carbons (Fsp3) is 0.684. The molecule has 0 radical (unpaired) electrons. The standard InChI is InChI=1S/C19H32O6Si/c1-7-12-15(20)16(21)17(22)18(23-12)24-13-10-8-9-11-14(13)25-26(5,6)19(2,3)4/h8-12,15-18,20-22H,7H2,1-6H3/t12-,15+,16+,17-,18+/m1/s1. The van der Waals surface area contributed by atoms with Crippen LogP contribution in [0.4, 0.5) is 0 Å². The van der Waals surface area contributed by atoms with Gasteiger partial charge in [-0.15, -0.1) is 0 Å². The van der Waals surface area contributed by atoms with E-state index in [1.54, 1.807) is 6.07 Å². The second-order valence-electron chi connectivity index (χ2n) is 8.35. The van der Waals surface area contributed by atoms with Gasteiger partial charge in [-0.05, 0) is 36.7 Å². The van der Waals surface area contributed by atoms with Crippen LogP contribution in [0.2, 0.25) is 18.1 Å². The predicted molar refractivity (Wildman–Crippen MR) is 102 cm³/mol. The number of hydrogen-bond acceptors (Lipinski definition) is 6. The number of para-hydroxylation sites is 2. The molecule has 1 heterocycles. The van der Waals surface area contributed by atoms with Crippen molar-refractivity contribution >= 4 is 8.32 Å². The van der Waals surface area contributed by atoms with Gasteiger partial charge in [0, 0.05) is 0 Å². The van der Waals surface area contributed by atoms with Crippen LogP contribution in [-0.2, 0) is 4.74 Å². The fourth-order valence-electron chi connectivity index (χ4n) is 2.54. The number of benzene rings is 1. The molecule has 3 N–H and O–H groups in total. The van der Waals surface area contributed by atoms with E-state index in [9.17, 15) is 15.3 Å². The van der Waals surface area contributed by atoms with Crippen LogP contribution < -0.4 is 9.16 Å². The van der Waals surface area contributed by atoms with Crippen molar-refractivity contribution in [3.8, 4) is 11.5 Å². The molecule has 0 bridgehead atoms. The lowest BCUT2D eigenvalue weighted by atomic mass is 9.97. The van der Waals surface area contributed by atoms with Gasteiger partial charge in [0.25, 0.3) is 8.32 Å². The van der Waals surface area contributed by atoms with Crippen LogP contribution in [0.25, 0.3) is 0 Å². The second kappa shape index (κ2) is 7.86. The highest BCUT2D eigenvalue weighted by Gasteiger charge is 2.45. The highest BCUT2D eigenvalue weighted by Crippen LogP contribution is 2.40. The lowest BCUT2D eigenvalue weighted by Crippen LogP contribution is -2.59. The molecule has 148 valence electrons. The largest absolute Gasteiger partial charge is 0.541 e. The Hall–Kier alpha value is -1.12. The molecular formula is C19H32O6Si. The average molecular weight is 385 g/mol. The van der Waals surface area contributed by atoms with Crippen molar-refractivity contribution in [3.63, 3.8) is 0 Å². The fourth-order valence-corrected chi connectivity index (χ4v) is 3.56. The Morgan fingerprint density at radius 2 is 1.58 bits per heavy atom. The SMILES string of the molecule is CC[C@H]1O[C@@H](Oc2ccccc2O[Si](C)(C)C(C)(C)C)[C@H](O)[C@@H](O)[C@H]1O. The van der Waals surface area contributed by atoms with Gasteiger partial charge in [0.05, 0.1) is 6.10 Å². The van der Waals surface area contributed by atoms with E-state index in [0.717, 1.165) is 0 Å². The van der Waals surface area contributed by atoms with Gasteiger partial charge in [0.2, 0.25) is 6.29 Å². The lowest BCUT2D eigenvalue weighted by molar-refractivity contribution is -0.272. The average Bonchev–Trinajstić information content (AvgIpc) is 2.55. The number of hydrogen-bond donors (Lipinski definition) is 3. The maximum Gasteiger partial charge on any atom is 0.250 e. The minimum atomic E-state index is -2.08. The van der Waals surface area contributed by atoms with Crippen molar-refractivity contribution in [2.24, 2.45) is 0 Å². The molecule has 1 aromatic rings. The topological polar surface area (TPSA) is 88.4 Å². The summed E-state index contributed by atoms with van der Waals surface area (Å²) in [6.45, 7) is 12.6. The van der Waals surface area contributed by atoms with Gasteiger partial charge in [-0.2, -0.15) is 0 Å². The molecular weight excluding hydrogens is 352 g/mol. The second-order valence-corrected chi connectivity index (χ2v) is 13.1. The van der Waals surface area contributed by atoms with Crippen LogP contribution in [0, 0.1) is 0 Å². The van der Waals surface area contributed by atoms with E-state index < -0.39 is 39.0 Å². The predicted octanol–water partition coefficient (Wildman–Crippen LogP) is 2.67. The van der Waals surface area contributed by atoms with Gasteiger partial charge in [-0.1, -0.05) is 39.8 Å². The summed E-state index contributed by atoms with van der Waals surface area (Å²) in [5, 5.41) is 30.3. The molecule has 7 heteroatoms. The van der Waals surface area contributed by atoms with Gasteiger partial charge >= 0.3 is 0 Å². The third kappa shape index (κ3) is 4.40. The summed E-state index contributed by atoms with van der Waals surface area (Å²) in [4.78, 5) is 0. The van der Waals surface area contributed by atoms with Crippen molar-refractivity contribution in [1.82, 2.24) is 0 Å². The maximum atomic E-state index is 10.2. The summed E-state index contributed by atoms with van der Waals surface area (Å²) in [7, 11) is -2.08. The number of ether oxygens (including phenoxy) is 2. The van der Waals surface area contributed by atoms with Crippen LogP contribution in [0.5, 0.6) is 11.5 Å². The van der Waals surface area contributed by atoms with Crippen LogP contribution >= 0.6 is 0 Å². The van der Waals surface area contributed by atoms with E-state index in [4.69, 9.17) is 13.9 Å². The van der Waals surface area contributed by atoms with Crippen LogP contribution in [-0.4, -0.2) is 54.3 Å². The molecule has 6 nitrogen and oxygen atoms in total. The van der Waals surface area contributed by atoms with Crippen molar-refractivity contribution in [2.75, 3.05) is 0 Å². The Kier molecular flexibility index (Phi) is 6.40. The van der Waals surface area contributed by atoms with Gasteiger partial charge in [0.1, 0.15) is 24.1 Å².